The van der Waals surface area contributed by atoms with E-state index in [1.54, 1.807) is 25.1 Å². The summed E-state index contributed by atoms with van der Waals surface area (Å²) in [5.74, 6) is 0.898. The van der Waals surface area contributed by atoms with Crippen LogP contribution < -0.4 is 9.47 Å². The number of hydrogen-bond donors (Lipinski definition) is 0. The van der Waals surface area contributed by atoms with Crippen LogP contribution in [0.1, 0.15) is 16.1 Å². The summed E-state index contributed by atoms with van der Waals surface area (Å²) >= 11 is 0. The van der Waals surface area contributed by atoms with Crippen molar-refractivity contribution in [3.63, 3.8) is 0 Å². The maximum absolute atomic E-state index is 11.8. The first kappa shape index (κ1) is 13.9. The van der Waals surface area contributed by atoms with Crippen molar-refractivity contribution in [3.8, 4) is 22.8 Å². The maximum atomic E-state index is 11.8. The molecule has 0 fully saturated rings. The number of hydrogen-bond acceptors (Lipinski definition) is 6. The van der Waals surface area contributed by atoms with Crippen LogP contribution in [0.5, 0.6) is 11.5 Å². The normalized spacial score (nSPS) is 10.2. The fourth-order valence-corrected chi connectivity index (χ4v) is 1.97. The van der Waals surface area contributed by atoms with Crippen molar-refractivity contribution in [1.82, 2.24) is 5.16 Å². The summed E-state index contributed by atoms with van der Waals surface area (Å²) in [6.07, 6.45) is 0. The van der Waals surface area contributed by atoms with E-state index in [4.69, 9.17) is 18.7 Å². The number of benzene rings is 1. The summed E-state index contributed by atoms with van der Waals surface area (Å²) in [5.41, 5.74) is 1.24. The van der Waals surface area contributed by atoms with E-state index in [1.807, 2.05) is 0 Å². The Hall–Kier alpha value is -2.50. The number of ether oxygens (including phenoxy) is 3. The van der Waals surface area contributed by atoms with Crippen LogP contribution in [0.15, 0.2) is 22.7 Å². The molecule has 2 rings (SSSR count). The van der Waals surface area contributed by atoms with Gasteiger partial charge in [-0.1, -0.05) is 11.2 Å². The summed E-state index contributed by atoms with van der Waals surface area (Å²) in [4.78, 5) is 11.8. The van der Waals surface area contributed by atoms with Gasteiger partial charge in [0.25, 0.3) is 0 Å². The number of nitrogens with zero attached hydrogens (tertiary/aromatic N) is 1. The molecule has 106 valence electrons. The van der Waals surface area contributed by atoms with Gasteiger partial charge >= 0.3 is 5.97 Å². The molecule has 6 nitrogen and oxygen atoms in total. The van der Waals surface area contributed by atoms with Gasteiger partial charge in [0.1, 0.15) is 17.0 Å². The minimum atomic E-state index is -0.511. The predicted molar refractivity (Wildman–Crippen MR) is 71.1 cm³/mol. The molecular formula is C14H15NO5. The van der Waals surface area contributed by atoms with Crippen molar-refractivity contribution in [2.45, 2.75) is 6.92 Å². The fraction of sp³-hybridized carbons (Fsp3) is 0.286. The number of para-hydroxylation sites is 1. The molecule has 0 radical (unpaired) electrons. The number of aromatic nitrogens is 1. The average molecular weight is 277 g/mol. The van der Waals surface area contributed by atoms with E-state index in [2.05, 4.69) is 5.16 Å². The summed E-state index contributed by atoms with van der Waals surface area (Å²) in [5, 5.41) is 3.93. The predicted octanol–water partition coefficient (Wildman–Crippen LogP) is 2.45. The van der Waals surface area contributed by atoms with Gasteiger partial charge in [0.05, 0.1) is 26.9 Å². The zero-order valence-corrected chi connectivity index (χ0v) is 11.7. The van der Waals surface area contributed by atoms with Crippen molar-refractivity contribution in [1.29, 1.82) is 0 Å². The van der Waals surface area contributed by atoms with Crippen LogP contribution in [0.4, 0.5) is 0 Å². The molecule has 0 saturated heterocycles. The summed E-state index contributed by atoms with van der Waals surface area (Å²) < 4.78 is 20.4. The standard InChI is InChI=1S/C14H15NO5/c1-8-11(14(16)19-4)12(15-20-8)9-6-5-7-10(17-2)13(9)18-3/h5-7H,1-4H3. The number of aryl methyl sites for hydroxylation is 1. The van der Waals surface area contributed by atoms with Crippen LogP contribution in [0.3, 0.4) is 0 Å². The SMILES string of the molecule is COC(=O)c1c(-c2cccc(OC)c2OC)noc1C. The molecule has 2 aromatic rings. The first-order valence-electron chi connectivity index (χ1n) is 5.90. The lowest BCUT2D eigenvalue weighted by molar-refractivity contribution is 0.0599. The molecule has 0 amide bonds. The monoisotopic (exact) mass is 277 g/mol. The number of rotatable bonds is 4. The van der Waals surface area contributed by atoms with Crippen molar-refractivity contribution in [3.05, 3.63) is 29.5 Å². The third-order valence-corrected chi connectivity index (χ3v) is 2.91. The highest BCUT2D eigenvalue weighted by Crippen LogP contribution is 2.39. The van der Waals surface area contributed by atoms with E-state index in [0.717, 1.165) is 0 Å². The second kappa shape index (κ2) is 5.64. The van der Waals surface area contributed by atoms with E-state index in [0.29, 0.717) is 28.5 Å². The molecule has 0 aliphatic carbocycles. The molecule has 0 aliphatic rings. The Balaban J connectivity index is 2.66. The highest BCUT2D eigenvalue weighted by molar-refractivity contribution is 5.98. The molecule has 1 heterocycles. The third kappa shape index (κ3) is 2.20. The number of carbonyl (C=O) groups excluding carboxylic acids is 1. The Kier molecular flexibility index (Phi) is 3.93. The molecular weight excluding hydrogens is 262 g/mol. The van der Waals surface area contributed by atoms with Gasteiger partial charge in [-0.2, -0.15) is 0 Å². The van der Waals surface area contributed by atoms with E-state index in [1.165, 1.54) is 21.3 Å². The Labute approximate surface area is 116 Å². The van der Waals surface area contributed by atoms with Gasteiger partial charge in [0, 0.05) is 0 Å². The fourth-order valence-electron chi connectivity index (χ4n) is 1.97. The zero-order chi connectivity index (χ0) is 14.7. The quantitative estimate of drug-likeness (QED) is 0.799. The third-order valence-electron chi connectivity index (χ3n) is 2.91. The summed E-state index contributed by atoms with van der Waals surface area (Å²) in [6, 6.07) is 5.31. The number of esters is 1. The van der Waals surface area contributed by atoms with E-state index in [9.17, 15) is 4.79 Å². The molecule has 0 bridgehead atoms. The average Bonchev–Trinajstić information content (AvgIpc) is 2.87. The molecule has 20 heavy (non-hydrogen) atoms. The molecule has 0 unspecified atom stereocenters. The van der Waals surface area contributed by atoms with Crippen LogP contribution in [0.25, 0.3) is 11.3 Å². The molecule has 0 aliphatic heterocycles. The van der Waals surface area contributed by atoms with Gasteiger partial charge < -0.3 is 18.7 Å². The largest absolute Gasteiger partial charge is 0.493 e. The minimum Gasteiger partial charge on any atom is -0.493 e. The topological polar surface area (TPSA) is 70.8 Å². The zero-order valence-electron chi connectivity index (χ0n) is 11.7. The first-order valence-corrected chi connectivity index (χ1v) is 5.90. The Bertz CT molecular complexity index is 632. The van der Waals surface area contributed by atoms with Crippen LogP contribution in [0, 0.1) is 6.92 Å². The molecule has 1 aromatic carbocycles. The Morgan fingerprint density at radius 3 is 2.55 bits per heavy atom. The lowest BCUT2D eigenvalue weighted by Crippen LogP contribution is -2.04. The van der Waals surface area contributed by atoms with Crippen molar-refractivity contribution in [2.75, 3.05) is 21.3 Å². The molecule has 0 atom stereocenters. The molecule has 6 heteroatoms. The second-order valence-corrected chi connectivity index (χ2v) is 4.00. The van der Waals surface area contributed by atoms with E-state index in [-0.39, 0.29) is 5.56 Å². The van der Waals surface area contributed by atoms with Gasteiger partial charge in [-0.15, -0.1) is 0 Å². The minimum absolute atomic E-state index is 0.277. The smallest absolute Gasteiger partial charge is 0.343 e. The molecule has 0 saturated carbocycles. The van der Waals surface area contributed by atoms with Gasteiger partial charge in [-0.05, 0) is 19.1 Å². The highest BCUT2D eigenvalue weighted by atomic mass is 16.5. The van der Waals surface area contributed by atoms with Crippen LogP contribution in [-0.2, 0) is 4.74 Å². The molecule has 1 aromatic heterocycles. The van der Waals surface area contributed by atoms with Crippen LogP contribution >= 0.6 is 0 Å². The molecule has 0 N–H and O–H groups in total. The van der Waals surface area contributed by atoms with E-state index < -0.39 is 5.97 Å². The number of carbonyl (C=O) groups is 1. The van der Waals surface area contributed by atoms with Gasteiger partial charge in [-0.25, -0.2) is 4.79 Å². The van der Waals surface area contributed by atoms with Crippen molar-refractivity contribution >= 4 is 5.97 Å². The van der Waals surface area contributed by atoms with Crippen molar-refractivity contribution in [2.24, 2.45) is 0 Å². The van der Waals surface area contributed by atoms with Gasteiger partial charge in [0.15, 0.2) is 11.5 Å². The second-order valence-electron chi connectivity index (χ2n) is 4.00. The van der Waals surface area contributed by atoms with Crippen LogP contribution in [-0.4, -0.2) is 32.5 Å². The van der Waals surface area contributed by atoms with Crippen molar-refractivity contribution < 1.29 is 23.5 Å². The Morgan fingerprint density at radius 2 is 1.95 bits per heavy atom. The lowest BCUT2D eigenvalue weighted by atomic mass is 10.0. The number of methoxy groups -OCH3 is 3. The lowest BCUT2D eigenvalue weighted by Gasteiger charge is -2.11. The first-order chi connectivity index (χ1) is 9.63. The summed E-state index contributed by atoms with van der Waals surface area (Å²) in [6.45, 7) is 1.65. The van der Waals surface area contributed by atoms with Gasteiger partial charge in [0.2, 0.25) is 0 Å². The van der Waals surface area contributed by atoms with Gasteiger partial charge in [-0.3, -0.25) is 0 Å². The van der Waals surface area contributed by atoms with E-state index >= 15 is 0 Å². The highest BCUT2D eigenvalue weighted by Gasteiger charge is 2.25. The van der Waals surface area contributed by atoms with Crippen LogP contribution in [0.2, 0.25) is 0 Å². The Morgan fingerprint density at radius 1 is 1.20 bits per heavy atom. The summed E-state index contributed by atoms with van der Waals surface area (Å²) in [7, 11) is 4.37. The maximum Gasteiger partial charge on any atom is 0.343 e. The molecule has 0 spiro atoms.